The molecule has 3 fully saturated rings. The number of nitrogens with zero attached hydrogens (tertiary/aromatic N) is 2. The van der Waals surface area contributed by atoms with E-state index in [0.29, 0.717) is 37.9 Å². The average Bonchev–Trinajstić information content (AvgIpc) is 3.00. The number of piperidine rings is 2. The summed E-state index contributed by atoms with van der Waals surface area (Å²) in [5, 5.41) is 3.08. The SMILES string of the molecule is CS(=O)(=O)N1CCC(NC(=O)N2CC3CCC2C3)CC1. The first-order valence-corrected chi connectivity index (χ1v) is 9.30. The van der Waals surface area contributed by atoms with E-state index in [1.807, 2.05) is 4.90 Å². The highest BCUT2D eigenvalue weighted by Crippen LogP contribution is 2.37. The molecule has 2 bridgehead atoms. The number of urea groups is 1. The van der Waals surface area contributed by atoms with Gasteiger partial charge in [0.2, 0.25) is 10.0 Å². The third-order valence-corrected chi connectivity index (χ3v) is 6.22. The summed E-state index contributed by atoms with van der Waals surface area (Å²) in [6, 6.07) is 0.603. The molecule has 0 spiro atoms. The Morgan fingerprint density at radius 3 is 2.35 bits per heavy atom. The molecule has 1 saturated carbocycles. The van der Waals surface area contributed by atoms with Gasteiger partial charge in [-0.2, -0.15) is 0 Å². The zero-order chi connectivity index (χ0) is 14.3. The maximum atomic E-state index is 12.3. The van der Waals surface area contributed by atoms with Gasteiger partial charge in [0.15, 0.2) is 0 Å². The van der Waals surface area contributed by atoms with Crippen LogP contribution < -0.4 is 5.32 Å². The average molecular weight is 301 g/mol. The van der Waals surface area contributed by atoms with Crippen molar-refractivity contribution in [3.8, 4) is 0 Å². The second kappa shape index (κ2) is 5.18. The summed E-state index contributed by atoms with van der Waals surface area (Å²) in [5.74, 6) is 0.706. The van der Waals surface area contributed by atoms with Crippen molar-refractivity contribution in [2.45, 2.75) is 44.2 Å². The molecule has 7 heteroatoms. The van der Waals surface area contributed by atoms with Crippen molar-refractivity contribution >= 4 is 16.1 Å². The molecule has 114 valence electrons. The predicted molar refractivity (Wildman–Crippen MR) is 75.8 cm³/mol. The van der Waals surface area contributed by atoms with E-state index >= 15 is 0 Å². The Hall–Kier alpha value is -0.820. The number of hydrogen-bond acceptors (Lipinski definition) is 3. The highest BCUT2D eigenvalue weighted by Gasteiger charge is 2.40. The zero-order valence-electron chi connectivity index (χ0n) is 11.9. The van der Waals surface area contributed by atoms with Crippen molar-refractivity contribution in [1.82, 2.24) is 14.5 Å². The van der Waals surface area contributed by atoms with Crippen LogP contribution in [0.1, 0.15) is 32.1 Å². The van der Waals surface area contributed by atoms with Crippen LogP contribution in [0.5, 0.6) is 0 Å². The number of rotatable bonds is 2. The Morgan fingerprint density at radius 2 is 1.85 bits per heavy atom. The van der Waals surface area contributed by atoms with Gasteiger partial charge < -0.3 is 10.2 Å². The number of fused-ring (bicyclic) bond motifs is 2. The molecule has 0 radical (unpaired) electrons. The van der Waals surface area contributed by atoms with E-state index in [4.69, 9.17) is 0 Å². The molecule has 2 unspecified atom stereocenters. The maximum absolute atomic E-state index is 12.3. The van der Waals surface area contributed by atoms with E-state index in [9.17, 15) is 13.2 Å². The van der Waals surface area contributed by atoms with Crippen LogP contribution in [0.4, 0.5) is 4.79 Å². The molecular weight excluding hydrogens is 278 g/mol. The second-order valence-corrected chi connectivity index (χ2v) is 8.35. The minimum absolute atomic E-state index is 0.0509. The van der Waals surface area contributed by atoms with Gasteiger partial charge in [-0.1, -0.05) is 0 Å². The van der Waals surface area contributed by atoms with Crippen LogP contribution in [0.2, 0.25) is 0 Å². The van der Waals surface area contributed by atoms with Gasteiger partial charge in [0, 0.05) is 31.7 Å². The van der Waals surface area contributed by atoms with Gasteiger partial charge >= 0.3 is 6.03 Å². The number of carbonyl (C=O) groups excluding carboxylic acids is 1. The first-order chi connectivity index (χ1) is 9.43. The molecule has 0 aromatic carbocycles. The standard InChI is InChI=1S/C13H23N3O3S/c1-20(18,19)15-6-4-11(5-7-15)14-13(17)16-9-10-2-3-12(16)8-10/h10-12H,2-9H2,1H3,(H,14,17). The van der Waals surface area contributed by atoms with Crippen molar-refractivity contribution in [3.63, 3.8) is 0 Å². The first-order valence-electron chi connectivity index (χ1n) is 7.46. The number of nitrogens with one attached hydrogen (secondary N) is 1. The molecule has 2 saturated heterocycles. The van der Waals surface area contributed by atoms with E-state index < -0.39 is 10.0 Å². The molecular formula is C13H23N3O3S. The van der Waals surface area contributed by atoms with Crippen molar-refractivity contribution in [2.75, 3.05) is 25.9 Å². The Morgan fingerprint density at radius 1 is 1.15 bits per heavy atom. The number of hydrogen-bond donors (Lipinski definition) is 1. The van der Waals surface area contributed by atoms with E-state index in [2.05, 4.69) is 5.32 Å². The van der Waals surface area contributed by atoms with Gasteiger partial charge in [-0.15, -0.1) is 0 Å². The molecule has 0 aromatic rings. The summed E-state index contributed by atoms with van der Waals surface area (Å²) in [5.41, 5.74) is 0. The van der Waals surface area contributed by atoms with E-state index in [1.165, 1.54) is 23.4 Å². The lowest BCUT2D eigenvalue weighted by molar-refractivity contribution is 0.172. The summed E-state index contributed by atoms with van der Waals surface area (Å²) in [7, 11) is -3.09. The smallest absolute Gasteiger partial charge is 0.317 e. The van der Waals surface area contributed by atoms with Gasteiger partial charge in [-0.05, 0) is 38.0 Å². The van der Waals surface area contributed by atoms with Crippen LogP contribution >= 0.6 is 0 Å². The predicted octanol–water partition coefficient (Wildman–Crippen LogP) is 0.604. The molecule has 2 aliphatic heterocycles. The van der Waals surface area contributed by atoms with Crippen LogP contribution in [0, 0.1) is 5.92 Å². The van der Waals surface area contributed by atoms with Gasteiger partial charge in [0.25, 0.3) is 0 Å². The largest absolute Gasteiger partial charge is 0.335 e. The second-order valence-electron chi connectivity index (χ2n) is 6.37. The van der Waals surface area contributed by atoms with Crippen molar-refractivity contribution < 1.29 is 13.2 Å². The summed E-state index contributed by atoms with van der Waals surface area (Å²) in [6.45, 7) is 1.92. The lowest BCUT2D eigenvalue weighted by Gasteiger charge is -2.33. The summed E-state index contributed by atoms with van der Waals surface area (Å²) in [6.07, 6.45) is 6.24. The van der Waals surface area contributed by atoms with Crippen LogP contribution in [0.15, 0.2) is 0 Å². The minimum Gasteiger partial charge on any atom is -0.335 e. The van der Waals surface area contributed by atoms with Crippen LogP contribution in [-0.4, -0.2) is 61.6 Å². The summed E-state index contributed by atoms with van der Waals surface area (Å²) in [4.78, 5) is 14.2. The first kappa shape index (κ1) is 14.1. The lowest BCUT2D eigenvalue weighted by atomic mass is 10.1. The molecule has 2 atom stereocenters. The van der Waals surface area contributed by atoms with E-state index in [1.54, 1.807) is 0 Å². The number of carbonyl (C=O) groups is 1. The monoisotopic (exact) mass is 301 g/mol. The normalized spacial score (nSPS) is 31.8. The maximum Gasteiger partial charge on any atom is 0.317 e. The van der Waals surface area contributed by atoms with Crippen molar-refractivity contribution in [2.24, 2.45) is 5.92 Å². The quantitative estimate of drug-likeness (QED) is 0.812. The van der Waals surface area contributed by atoms with Crippen LogP contribution in [-0.2, 0) is 10.0 Å². The molecule has 1 N–H and O–H groups in total. The molecule has 20 heavy (non-hydrogen) atoms. The zero-order valence-corrected chi connectivity index (χ0v) is 12.7. The van der Waals surface area contributed by atoms with Crippen LogP contribution in [0.25, 0.3) is 0 Å². The fourth-order valence-corrected chi connectivity index (χ4v) is 4.64. The van der Waals surface area contributed by atoms with Gasteiger partial charge in [0.05, 0.1) is 6.26 Å². The topological polar surface area (TPSA) is 69.7 Å². The number of sulfonamides is 1. The fraction of sp³-hybridized carbons (Fsp3) is 0.923. The lowest BCUT2D eigenvalue weighted by Crippen LogP contribution is -2.51. The molecule has 3 aliphatic rings. The van der Waals surface area contributed by atoms with Gasteiger partial charge in [0.1, 0.15) is 0 Å². The van der Waals surface area contributed by atoms with Gasteiger partial charge in [-0.3, -0.25) is 0 Å². The fourth-order valence-electron chi connectivity index (χ4n) is 3.76. The van der Waals surface area contributed by atoms with Crippen molar-refractivity contribution in [1.29, 1.82) is 0 Å². The summed E-state index contributed by atoms with van der Waals surface area (Å²) >= 11 is 0. The third kappa shape index (κ3) is 2.79. The molecule has 3 rings (SSSR count). The number of amides is 2. The third-order valence-electron chi connectivity index (χ3n) is 4.92. The Kier molecular flexibility index (Phi) is 3.66. The molecule has 0 aromatic heterocycles. The Bertz CT molecular complexity index is 485. The van der Waals surface area contributed by atoms with Gasteiger partial charge in [-0.25, -0.2) is 17.5 Å². The molecule has 2 amide bonds. The van der Waals surface area contributed by atoms with E-state index in [-0.39, 0.29) is 12.1 Å². The molecule has 6 nitrogen and oxygen atoms in total. The Labute approximate surface area is 120 Å². The van der Waals surface area contributed by atoms with Crippen molar-refractivity contribution in [3.05, 3.63) is 0 Å². The number of likely N-dealkylation sites (tertiary alicyclic amines) is 1. The van der Waals surface area contributed by atoms with E-state index in [0.717, 1.165) is 13.0 Å². The minimum atomic E-state index is -3.09. The molecule has 1 aliphatic carbocycles. The highest BCUT2D eigenvalue weighted by atomic mass is 32.2. The highest BCUT2D eigenvalue weighted by molar-refractivity contribution is 7.88. The van der Waals surface area contributed by atoms with Crippen LogP contribution in [0.3, 0.4) is 0 Å². The summed E-state index contributed by atoms with van der Waals surface area (Å²) < 4.78 is 24.4. The Balaban J connectivity index is 1.49. The molecule has 2 heterocycles.